The summed E-state index contributed by atoms with van der Waals surface area (Å²) in [6.07, 6.45) is 2.46. The molecule has 1 heterocycles. The molecule has 3 unspecified atom stereocenters. The third kappa shape index (κ3) is 4.61. The first kappa shape index (κ1) is 14.4. The predicted molar refractivity (Wildman–Crippen MR) is 65.5 cm³/mol. The summed E-state index contributed by atoms with van der Waals surface area (Å²) in [5.41, 5.74) is 4.70. The molecule has 0 saturated carbocycles. The van der Waals surface area contributed by atoms with Crippen molar-refractivity contribution in [3.63, 3.8) is 0 Å². The minimum atomic E-state index is -0.906. The lowest BCUT2D eigenvalue weighted by molar-refractivity contribution is -0.123. The number of nitrogens with two attached hydrogens (primary N) is 1. The van der Waals surface area contributed by atoms with Gasteiger partial charge in [-0.3, -0.25) is 4.79 Å². The maximum Gasteiger partial charge on any atom is 0.220 e. The Morgan fingerprint density at radius 3 is 2.94 bits per heavy atom. The maximum atomic E-state index is 11.5. The van der Waals surface area contributed by atoms with Crippen LogP contribution in [0.15, 0.2) is 0 Å². The number of rotatable bonds is 6. The fourth-order valence-corrected chi connectivity index (χ4v) is 1.93. The van der Waals surface area contributed by atoms with Crippen molar-refractivity contribution >= 4 is 5.91 Å². The van der Waals surface area contributed by atoms with Gasteiger partial charge in [0, 0.05) is 32.0 Å². The van der Waals surface area contributed by atoms with Crippen LogP contribution in [0.2, 0.25) is 0 Å². The first-order valence-electron chi connectivity index (χ1n) is 6.30. The highest BCUT2D eigenvalue weighted by Crippen LogP contribution is 2.24. The van der Waals surface area contributed by atoms with E-state index in [9.17, 15) is 9.90 Å². The number of nitrogens with one attached hydrogen (secondary N) is 1. The first-order valence-corrected chi connectivity index (χ1v) is 6.30. The molecule has 5 nitrogen and oxygen atoms in total. The summed E-state index contributed by atoms with van der Waals surface area (Å²) < 4.78 is 5.30. The zero-order chi connectivity index (χ0) is 12.9. The quantitative estimate of drug-likeness (QED) is 0.621. The number of hydrogen-bond acceptors (Lipinski definition) is 4. The van der Waals surface area contributed by atoms with Gasteiger partial charge in [-0.25, -0.2) is 0 Å². The van der Waals surface area contributed by atoms with Gasteiger partial charge in [-0.15, -0.1) is 0 Å². The lowest BCUT2D eigenvalue weighted by Gasteiger charge is -2.26. The van der Waals surface area contributed by atoms with Gasteiger partial charge in [0.25, 0.3) is 0 Å². The van der Waals surface area contributed by atoms with Crippen molar-refractivity contribution in [3.05, 3.63) is 0 Å². The average molecular weight is 244 g/mol. The fourth-order valence-electron chi connectivity index (χ4n) is 1.93. The Balaban J connectivity index is 2.19. The van der Waals surface area contributed by atoms with Crippen LogP contribution < -0.4 is 11.1 Å². The molecule has 3 atom stereocenters. The van der Waals surface area contributed by atoms with Crippen molar-refractivity contribution in [2.45, 2.75) is 57.3 Å². The van der Waals surface area contributed by atoms with Gasteiger partial charge in [0.15, 0.2) is 0 Å². The third-order valence-electron chi connectivity index (χ3n) is 3.31. The van der Waals surface area contributed by atoms with Gasteiger partial charge in [-0.2, -0.15) is 0 Å². The van der Waals surface area contributed by atoms with Gasteiger partial charge >= 0.3 is 0 Å². The minimum absolute atomic E-state index is 0.0295. The van der Waals surface area contributed by atoms with Crippen molar-refractivity contribution in [2.24, 2.45) is 5.73 Å². The van der Waals surface area contributed by atoms with E-state index in [0.29, 0.717) is 19.4 Å². The number of ether oxygens (including phenoxy) is 1. The molecular formula is C12H24N2O3. The summed E-state index contributed by atoms with van der Waals surface area (Å²) in [5.74, 6) is -0.0295. The second kappa shape index (κ2) is 6.33. The van der Waals surface area contributed by atoms with Crippen molar-refractivity contribution in [3.8, 4) is 0 Å². The Kier molecular flexibility index (Phi) is 5.36. The molecule has 1 aliphatic rings. The highest BCUT2D eigenvalue weighted by Gasteiger charge is 2.39. The normalized spacial score (nSPS) is 30.2. The van der Waals surface area contributed by atoms with E-state index in [1.165, 1.54) is 0 Å². The summed E-state index contributed by atoms with van der Waals surface area (Å²) in [6, 6.07) is 0.134. The standard InChI is InChI=1S/C12H24N2O3/c1-9(13)4-3-5-11(15)14-8-12(16)6-7-17-10(12)2/h9-10,16H,3-8,13H2,1-2H3,(H,14,15). The molecule has 0 aromatic rings. The number of aliphatic hydroxyl groups is 1. The number of carbonyl (C=O) groups is 1. The molecule has 0 aromatic heterocycles. The lowest BCUT2D eigenvalue weighted by atomic mass is 9.96. The third-order valence-corrected chi connectivity index (χ3v) is 3.31. The van der Waals surface area contributed by atoms with E-state index in [-0.39, 0.29) is 24.6 Å². The molecule has 1 rings (SSSR count). The van der Waals surface area contributed by atoms with Crippen LogP contribution in [0, 0.1) is 0 Å². The highest BCUT2D eigenvalue weighted by atomic mass is 16.5. The van der Waals surface area contributed by atoms with Gasteiger partial charge in [-0.1, -0.05) is 0 Å². The molecule has 0 spiro atoms. The zero-order valence-corrected chi connectivity index (χ0v) is 10.7. The summed E-state index contributed by atoms with van der Waals surface area (Å²) in [7, 11) is 0. The SMILES string of the molecule is CC(N)CCCC(=O)NCC1(O)CCOC1C. The molecule has 100 valence electrons. The summed E-state index contributed by atoms with van der Waals surface area (Å²) in [4.78, 5) is 11.5. The molecule has 0 aromatic carbocycles. The van der Waals surface area contributed by atoms with Crippen molar-refractivity contribution in [1.29, 1.82) is 0 Å². The van der Waals surface area contributed by atoms with E-state index in [1.54, 1.807) is 0 Å². The van der Waals surface area contributed by atoms with Crippen LogP contribution in [-0.2, 0) is 9.53 Å². The monoisotopic (exact) mass is 244 g/mol. The smallest absolute Gasteiger partial charge is 0.220 e. The first-order chi connectivity index (χ1) is 7.94. The van der Waals surface area contributed by atoms with Crippen LogP contribution in [0.5, 0.6) is 0 Å². The van der Waals surface area contributed by atoms with Crippen LogP contribution in [0.3, 0.4) is 0 Å². The largest absolute Gasteiger partial charge is 0.385 e. The van der Waals surface area contributed by atoms with Crippen LogP contribution in [-0.4, -0.2) is 41.9 Å². The van der Waals surface area contributed by atoms with Crippen LogP contribution in [0.4, 0.5) is 0 Å². The van der Waals surface area contributed by atoms with Gasteiger partial charge in [0.05, 0.1) is 6.10 Å². The van der Waals surface area contributed by atoms with E-state index in [1.807, 2.05) is 13.8 Å². The van der Waals surface area contributed by atoms with E-state index in [2.05, 4.69) is 5.32 Å². The number of carbonyl (C=O) groups excluding carboxylic acids is 1. The topological polar surface area (TPSA) is 84.6 Å². The Morgan fingerprint density at radius 2 is 2.41 bits per heavy atom. The van der Waals surface area contributed by atoms with Crippen molar-refractivity contribution in [2.75, 3.05) is 13.2 Å². The van der Waals surface area contributed by atoms with Gasteiger partial charge in [-0.05, 0) is 26.7 Å². The molecule has 1 aliphatic heterocycles. The molecular weight excluding hydrogens is 220 g/mol. The molecule has 0 aliphatic carbocycles. The average Bonchev–Trinajstić information content (AvgIpc) is 2.57. The lowest BCUT2D eigenvalue weighted by Crippen LogP contribution is -2.47. The molecule has 5 heteroatoms. The van der Waals surface area contributed by atoms with Crippen LogP contribution in [0.25, 0.3) is 0 Å². The summed E-state index contributed by atoms with van der Waals surface area (Å²) >= 11 is 0. The molecule has 17 heavy (non-hydrogen) atoms. The van der Waals surface area contributed by atoms with E-state index >= 15 is 0 Å². The Morgan fingerprint density at radius 1 is 1.71 bits per heavy atom. The second-order valence-electron chi connectivity index (χ2n) is 5.01. The van der Waals surface area contributed by atoms with Gasteiger partial charge < -0.3 is 20.9 Å². The summed E-state index contributed by atoms with van der Waals surface area (Å²) in [6.45, 7) is 4.58. The Labute approximate surface area is 103 Å². The Bertz CT molecular complexity index is 258. The van der Waals surface area contributed by atoms with Gasteiger partial charge in [0.2, 0.25) is 5.91 Å². The summed E-state index contributed by atoms with van der Waals surface area (Å²) in [5, 5.41) is 12.9. The van der Waals surface area contributed by atoms with E-state index in [4.69, 9.17) is 10.5 Å². The number of amides is 1. The molecule has 4 N–H and O–H groups in total. The minimum Gasteiger partial charge on any atom is -0.385 e. The van der Waals surface area contributed by atoms with E-state index in [0.717, 1.165) is 12.8 Å². The zero-order valence-electron chi connectivity index (χ0n) is 10.7. The molecule has 1 amide bonds. The molecule has 1 fully saturated rings. The predicted octanol–water partition coefficient (Wildman–Crippen LogP) is 0.160. The van der Waals surface area contributed by atoms with Crippen LogP contribution in [0.1, 0.15) is 39.5 Å². The Hall–Kier alpha value is -0.650. The number of hydrogen-bond donors (Lipinski definition) is 3. The molecule has 0 bridgehead atoms. The fraction of sp³-hybridized carbons (Fsp3) is 0.917. The maximum absolute atomic E-state index is 11.5. The van der Waals surface area contributed by atoms with Crippen molar-refractivity contribution in [1.82, 2.24) is 5.32 Å². The van der Waals surface area contributed by atoms with E-state index < -0.39 is 5.60 Å². The second-order valence-corrected chi connectivity index (χ2v) is 5.01. The van der Waals surface area contributed by atoms with Gasteiger partial charge in [0.1, 0.15) is 5.60 Å². The highest BCUT2D eigenvalue weighted by molar-refractivity contribution is 5.75. The van der Waals surface area contributed by atoms with Crippen LogP contribution >= 0.6 is 0 Å². The van der Waals surface area contributed by atoms with Crippen molar-refractivity contribution < 1.29 is 14.6 Å². The molecule has 0 radical (unpaired) electrons. The molecule has 1 saturated heterocycles.